The summed E-state index contributed by atoms with van der Waals surface area (Å²) in [6, 6.07) is 0. The third-order valence-corrected chi connectivity index (χ3v) is 3.67. The number of hydrogen-bond donors (Lipinski definition) is 5. The molecule has 1 rings (SSSR count). The second-order valence-electron chi connectivity index (χ2n) is 7.47. The molecule has 1 aromatic rings. The zero-order chi connectivity index (χ0) is 26.1. The van der Waals surface area contributed by atoms with E-state index in [0.717, 1.165) is 0 Å². The highest BCUT2D eigenvalue weighted by Crippen LogP contribution is 2.24. The van der Waals surface area contributed by atoms with Gasteiger partial charge >= 0.3 is 24.1 Å². The van der Waals surface area contributed by atoms with Crippen molar-refractivity contribution in [2.24, 2.45) is 11.5 Å². The standard InChI is InChI=1S/C17H28N4O5.C2HF3O2/c1-6-9-11(15(23)25-7-2)10(8-20-13(18)14(19)22)21-12(9)16(24)26-17(3,4)5;3-2(4,5)1(6)7/h13,20-21H,6-8,18H2,1-5H3,(H2,19,22);(H,6,7). The number of hydrogen-bond acceptors (Lipinski definition) is 8. The van der Waals surface area contributed by atoms with Crippen molar-refractivity contribution in [2.45, 2.75) is 65.5 Å². The molecule has 1 heterocycles. The number of aromatic nitrogens is 1. The monoisotopic (exact) mass is 482 g/mol. The van der Waals surface area contributed by atoms with Crippen molar-refractivity contribution in [1.82, 2.24) is 10.3 Å². The Balaban J connectivity index is 0.00000126. The SMILES string of the molecule is CCOC(=O)c1c(CNC(N)C(N)=O)[nH]c(C(=O)OC(C)(C)C)c1CC.O=C(O)C(F)(F)F. The van der Waals surface area contributed by atoms with Crippen LogP contribution < -0.4 is 16.8 Å². The number of nitrogens with two attached hydrogens (primary N) is 2. The highest BCUT2D eigenvalue weighted by Gasteiger charge is 2.38. The summed E-state index contributed by atoms with van der Waals surface area (Å²) >= 11 is 0. The first-order valence-corrected chi connectivity index (χ1v) is 9.68. The molecular weight excluding hydrogens is 453 g/mol. The second-order valence-corrected chi connectivity index (χ2v) is 7.47. The molecular formula is C19H29F3N4O7. The Morgan fingerprint density at radius 2 is 1.64 bits per heavy atom. The molecule has 0 saturated heterocycles. The largest absolute Gasteiger partial charge is 0.490 e. The first kappa shape index (κ1) is 29.9. The summed E-state index contributed by atoms with van der Waals surface area (Å²) in [5.74, 6) is -4.64. The van der Waals surface area contributed by atoms with Crippen LogP contribution in [0.25, 0.3) is 0 Å². The lowest BCUT2D eigenvalue weighted by atomic mass is 10.1. The van der Waals surface area contributed by atoms with Crippen LogP contribution in [0, 0.1) is 0 Å². The van der Waals surface area contributed by atoms with Crippen LogP contribution in [-0.4, -0.2) is 58.5 Å². The number of carbonyl (C=O) groups excluding carboxylic acids is 3. The summed E-state index contributed by atoms with van der Waals surface area (Å²) in [4.78, 5) is 47.8. The average molecular weight is 482 g/mol. The summed E-state index contributed by atoms with van der Waals surface area (Å²) in [6.45, 7) is 8.95. The third kappa shape index (κ3) is 9.91. The van der Waals surface area contributed by atoms with Crippen LogP contribution in [0.1, 0.15) is 66.7 Å². The minimum atomic E-state index is -5.08. The Kier molecular flexibility index (Phi) is 11.0. The van der Waals surface area contributed by atoms with Gasteiger partial charge in [0, 0.05) is 12.2 Å². The van der Waals surface area contributed by atoms with E-state index in [-0.39, 0.29) is 24.4 Å². The average Bonchev–Trinajstić information content (AvgIpc) is 3.03. The molecule has 1 amide bonds. The van der Waals surface area contributed by atoms with Crippen molar-refractivity contribution < 1.29 is 46.9 Å². The molecule has 188 valence electrons. The number of carboxylic acids is 1. The highest BCUT2D eigenvalue weighted by molar-refractivity contribution is 5.99. The molecule has 0 aliphatic heterocycles. The number of nitrogens with one attached hydrogen (secondary N) is 2. The molecule has 0 aliphatic rings. The van der Waals surface area contributed by atoms with E-state index in [1.54, 1.807) is 27.7 Å². The molecule has 0 spiro atoms. The molecule has 0 bridgehead atoms. The Labute approximate surface area is 188 Å². The number of esters is 2. The van der Waals surface area contributed by atoms with E-state index in [4.69, 9.17) is 30.8 Å². The summed E-state index contributed by atoms with van der Waals surface area (Å²) in [5, 5.41) is 9.82. The van der Waals surface area contributed by atoms with Crippen molar-refractivity contribution >= 4 is 23.8 Å². The van der Waals surface area contributed by atoms with E-state index in [1.165, 1.54) is 0 Å². The van der Waals surface area contributed by atoms with Crippen LogP contribution in [-0.2, 0) is 32.0 Å². The van der Waals surface area contributed by atoms with Gasteiger partial charge in [0.05, 0.1) is 12.2 Å². The van der Waals surface area contributed by atoms with Crippen LogP contribution in [0.3, 0.4) is 0 Å². The predicted octanol–water partition coefficient (Wildman–Crippen LogP) is 1.20. The van der Waals surface area contributed by atoms with Crippen molar-refractivity contribution in [1.29, 1.82) is 0 Å². The summed E-state index contributed by atoms with van der Waals surface area (Å²) < 4.78 is 42.2. The van der Waals surface area contributed by atoms with Gasteiger partial charge < -0.3 is 31.0 Å². The van der Waals surface area contributed by atoms with Crippen LogP contribution >= 0.6 is 0 Å². The quantitative estimate of drug-likeness (QED) is 0.268. The number of H-pyrrole nitrogens is 1. The van der Waals surface area contributed by atoms with Crippen molar-refractivity contribution in [3.63, 3.8) is 0 Å². The zero-order valence-electron chi connectivity index (χ0n) is 18.9. The van der Waals surface area contributed by atoms with Gasteiger partial charge in [0.15, 0.2) is 0 Å². The maximum Gasteiger partial charge on any atom is 0.490 e. The number of halogens is 3. The van der Waals surface area contributed by atoms with Crippen molar-refractivity contribution in [2.75, 3.05) is 6.61 Å². The zero-order valence-corrected chi connectivity index (χ0v) is 18.9. The van der Waals surface area contributed by atoms with Gasteiger partial charge in [-0.25, -0.2) is 14.4 Å². The van der Waals surface area contributed by atoms with E-state index >= 15 is 0 Å². The first-order chi connectivity index (χ1) is 15.0. The van der Waals surface area contributed by atoms with Crippen LogP contribution in [0.5, 0.6) is 0 Å². The molecule has 1 aromatic heterocycles. The van der Waals surface area contributed by atoms with E-state index in [9.17, 15) is 27.6 Å². The Bertz CT molecular complexity index is 861. The summed E-state index contributed by atoms with van der Waals surface area (Å²) in [7, 11) is 0. The van der Waals surface area contributed by atoms with E-state index in [1.807, 2.05) is 6.92 Å². The number of aromatic amines is 1. The van der Waals surface area contributed by atoms with Crippen LogP contribution in [0.2, 0.25) is 0 Å². The molecule has 1 unspecified atom stereocenters. The fraction of sp³-hybridized carbons (Fsp3) is 0.579. The minimum Gasteiger partial charge on any atom is -0.475 e. The van der Waals surface area contributed by atoms with Gasteiger partial charge in [-0.05, 0) is 39.7 Å². The van der Waals surface area contributed by atoms with Gasteiger partial charge in [0.2, 0.25) is 5.91 Å². The van der Waals surface area contributed by atoms with Gasteiger partial charge in [-0.3, -0.25) is 10.1 Å². The topological polar surface area (TPSA) is 187 Å². The number of aliphatic carboxylic acids is 1. The van der Waals surface area contributed by atoms with Gasteiger partial charge in [-0.2, -0.15) is 13.2 Å². The number of rotatable bonds is 8. The third-order valence-electron chi connectivity index (χ3n) is 3.67. The molecule has 14 heteroatoms. The molecule has 33 heavy (non-hydrogen) atoms. The van der Waals surface area contributed by atoms with Crippen LogP contribution in [0.15, 0.2) is 0 Å². The molecule has 7 N–H and O–H groups in total. The molecule has 0 saturated carbocycles. The molecule has 0 fully saturated rings. The predicted molar refractivity (Wildman–Crippen MR) is 109 cm³/mol. The molecule has 11 nitrogen and oxygen atoms in total. The van der Waals surface area contributed by atoms with Gasteiger partial charge in [-0.15, -0.1) is 0 Å². The maximum atomic E-state index is 12.5. The first-order valence-electron chi connectivity index (χ1n) is 9.68. The fourth-order valence-electron chi connectivity index (χ4n) is 2.35. The molecule has 0 aromatic carbocycles. The summed E-state index contributed by atoms with van der Waals surface area (Å²) in [6.07, 6.45) is -5.77. The Morgan fingerprint density at radius 1 is 1.12 bits per heavy atom. The summed E-state index contributed by atoms with van der Waals surface area (Å²) in [5.41, 5.74) is 11.3. The molecule has 0 radical (unpaired) electrons. The smallest absolute Gasteiger partial charge is 0.475 e. The fourth-order valence-corrected chi connectivity index (χ4v) is 2.35. The van der Waals surface area contributed by atoms with Crippen molar-refractivity contribution in [3.05, 3.63) is 22.5 Å². The number of carbonyl (C=O) groups is 4. The number of primary amides is 1. The normalized spacial score (nSPS) is 12.3. The lowest BCUT2D eigenvalue weighted by Gasteiger charge is -2.19. The van der Waals surface area contributed by atoms with Gasteiger partial charge in [0.1, 0.15) is 17.5 Å². The van der Waals surface area contributed by atoms with E-state index in [2.05, 4.69) is 10.3 Å². The molecule has 1 atom stereocenters. The number of ether oxygens (including phenoxy) is 2. The van der Waals surface area contributed by atoms with Crippen LogP contribution in [0.4, 0.5) is 13.2 Å². The number of carboxylic acid groups (broad SMARTS) is 1. The lowest BCUT2D eigenvalue weighted by Crippen LogP contribution is -2.47. The van der Waals surface area contributed by atoms with E-state index < -0.39 is 41.8 Å². The number of alkyl halides is 3. The Morgan fingerprint density at radius 3 is 2.00 bits per heavy atom. The second kappa shape index (κ2) is 12.2. The highest BCUT2D eigenvalue weighted by atomic mass is 19.4. The van der Waals surface area contributed by atoms with Gasteiger partial charge in [0.25, 0.3) is 0 Å². The minimum absolute atomic E-state index is 0.0219. The number of amides is 1. The van der Waals surface area contributed by atoms with Gasteiger partial charge in [-0.1, -0.05) is 6.92 Å². The Hall–Kier alpha value is -3.13. The maximum absolute atomic E-state index is 12.5. The van der Waals surface area contributed by atoms with Crippen molar-refractivity contribution in [3.8, 4) is 0 Å². The van der Waals surface area contributed by atoms with E-state index in [0.29, 0.717) is 17.7 Å². The lowest BCUT2D eigenvalue weighted by molar-refractivity contribution is -0.192. The molecule has 0 aliphatic carbocycles.